The molecule has 0 radical (unpaired) electrons. The highest BCUT2D eigenvalue weighted by atomic mass is 19.4. The lowest BCUT2D eigenvalue weighted by molar-refractivity contribution is -0.192. The Balaban J connectivity index is 0.000000246. The second-order valence-corrected chi connectivity index (χ2v) is 3.61. The summed E-state index contributed by atoms with van der Waals surface area (Å²) in [5, 5.41) is 7.12. The Labute approximate surface area is 112 Å². The van der Waals surface area contributed by atoms with Gasteiger partial charge in [0.05, 0.1) is 0 Å². The minimum Gasteiger partial charge on any atom is -0.475 e. The minimum absolute atomic E-state index is 0.578. The summed E-state index contributed by atoms with van der Waals surface area (Å²) >= 11 is 0. The number of carboxylic acids is 1. The van der Waals surface area contributed by atoms with Crippen LogP contribution in [0.5, 0.6) is 0 Å². The maximum Gasteiger partial charge on any atom is 0.490 e. The number of aliphatic carboxylic acids is 1. The number of alkyl halides is 3. The number of carbonyl (C=O) groups is 1. The average molecular weight is 284 g/mol. The molecule has 7 heteroatoms. The topological polar surface area (TPSA) is 76.2 Å². The van der Waals surface area contributed by atoms with Gasteiger partial charge in [-0.3, -0.25) is 0 Å². The number of hydrogen-bond acceptors (Lipinski definition) is 3. The fraction of sp³-hybridized carbons (Fsp3) is 0.0769. The Hall–Kier alpha value is -2.57. The molecule has 2 rings (SSSR count). The van der Waals surface area contributed by atoms with E-state index < -0.39 is 12.1 Å². The van der Waals surface area contributed by atoms with Gasteiger partial charge < -0.3 is 10.8 Å². The first-order chi connectivity index (χ1) is 9.32. The van der Waals surface area contributed by atoms with Crippen LogP contribution in [-0.4, -0.2) is 22.2 Å². The van der Waals surface area contributed by atoms with Crippen molar-refractivity contribution in [1.82, 2.24) is 4.98 Å². The highest BCUT2D eigenvalue weighted by Gasteiger charge is 2.38. The van der Waals surface area contributed by atoms with Gasteiger partial charge in [-0.15, -0.1) is 0 Å². The van der Waals surface area contributed by atoms with E-state index in [9.17, 15) is 13.2 Å². The molecule has 106 valence electrons. The molecular formula is C13H11F3N2O2. The standard InChI is InChI=1S/C11H10N2.C2HF3O2/c12-11-10(7-4-8-13-11)9-5-2-1-3-6-9;3-2(4,5)1(6)7/h1-8H,(H2,12,13);(H,6,7). The molecule has 0 spiro atoms. The number of nitrogens with two attached hydrogens (primary N) is 1. The van der Waals surface area contributed by atoms with Crippen LogP contribution in [0.15, 0.2) is 48.7 Å². The molecule has 0 fully saturated rings. The van der Waals surface area contributed by atoms with Gasteiger partial charge in [-0.25, -0.2) is 9.78 Å². The van der Waals surface area contributed by atoms with Crippen molar-refractivity contribution >= 4 is 11.8 Å². The number of nitrogen functional groups attached to an aromatic ring is 1. The van der Waals surface area contributed by atoms with Gasteiger partial charge in [0.1, 0.15) is 5.82 Å². The van der Waals surface area contributed by atoms with Gasteiger partial charge in [-0.05, 0) is 17.7 Å². The number of hydrogen-bond donors (Lipinski definition) is 2. The Kier molecular flexibility index (Phi) is 5.08. The van der Waals surface area contributed by atoms with Crippen LogP contribution < -0.4 is 5.73 Å². The van der Waals surface area contributed by atoms with Crippen LogP contribution >= 0.6 is 0 Å². The van der Waals surface area contributed by atoms with Crippen molar-refractivity contribution in [3.8, 4) is 11.1 Å². The number of halogens is 3. The number of benzene rings is 1. The van der Waals surface area contributed by atoms with E-state index in [1.165, 1.54) is 0 Å². The van der Waals surface area contributed by atoms with Gasteiger partial charge in [0, 0.05) is 11.8 Å². The number of carboxylic acid groups (broad SMARTS) is 1. The van der Waals surface area contributed by atoms with Crippen molar-refractivity contribution in [3.63, 3.8) is 0 Å². The summed E-state index contributed by atoms with van der Waals surface area (Å²) in [6, 6.07) is 13.9. The molecule has 0 saturated carbocycles. The van der Waals surface area contributed by atoms with Crippen LogP contribution in [-0.2, 0) is 4.79 Å². The lowest BCUT2D eigenvalue weighted by Gasteiger charge is -2.02. The zero-order chi connectivity index (χ0) is 15.2. The van der Waals surface area contributed by atoms with Crippen LogP contribution in [0.3, 0.4) is 0 Å². The maximum atomic E-state index is 10.6. The largest absolute Gasteiger partial charge is 0.490 e. The van der Waals surface area contributed by atoms with E-state index in [0.29, 0.717) is 5.82 Å². The van der Waals surface area contributed by atoms with E-state index in [4.69, 9.17) is 15.6 Å². The van der Waals surface area contributed by atoms with E-state index in [-0.39, 0.29) is 0 Å². The third kappa shape index (κ3) is 4.60. The smallest absolute Gasteiger partial charge is 0.475 e. The third-order valence-electron chi connectivity index (χ3n) is 2.17. The van der Waals surface area contributed by atoms with Crippen LogP contribution in [0.2, 0.25) is 0 Å². The van der Waals surface area contributed by atoms with Gasteiger partial charge >= 0.3 is 12.1 Å². The van der Waals surface area contributed by atoms with E-state index in [2.05, 4.69) is 4.98 Å². The molecule has 0 amide bonds. The van der Waals surface area contributed by atoms with E-state index in [1.54, 1.807) is 6.20 Å². The lowest BCUT2D eigenvalue weighted by Crippen LogP contribution is -2.21. The summed E-state index contributed by atoms with van der Waals surface area (Å²) in [4.78, 5) is 12.9. The maximum absolute atomic E-state index is 10.6. The number of rotatable bonds is 1. The molecule has 20 heavy (non-hydrogen) atoms. The van der Waals surface area contributed by atoms with Gasteiger partial charge in [0.15, 0.2) is 0 Å². The Morgan fingerprint density at radius 2 is 1.65 bits per heavy atom. The Morgan fingerprint density at radius 1 is 1.10 bits per heavy atom. The second-order valence-electron chi connectivity index (χ2n) is 3.61. The zero-order valence-electron chi connectivity index (χ0n) is 10.1. The van der Waals surface area contributed by atoms with E-state index in [1.807, 2.05) is 42.5 Å². The third-order valence-corrected chi connectivity index (χ3v) is 2.17. The van der Waals surface area contributed by atoms with Crippen LogP contribution in [0.25, 0.3) is 11.1 Å². The SMILES string of the molecule is Nc1ncccc1-c1ccccc1.O=C(O)C(F)(F)F. The zero-order valence-corrected chi connectivity index (χ0v) is 10.1. The quantitative estimate of drug-likeness (QED) is 0.844. The molecule has 1 aromatic heterocycles. The summed E-state index contributed by atoms with van der Waals surface area (Å²) in [6.07, 6.45) is -3.39. The van der Waals surface area contributed by atoms with Crippen molar-refractivity contribution in [2.45, 2.75) is 6.18 Å². The number of anilines is 1. The highest BCUT2D eigenvalue weighted by molar-refractivity contribution is 5.73. The van der Waals surface area contributed by atoms with Crippen LogP contribution in [0.1, 0.15) is 0 Å². The minimum atomic E-state index is -5.08. The van der Waals surface area contributed by atoms with Crippen LogP contribution in [0, 0.1) is 0 Å². The molecule has 0 atom stereocenters. The van der Waals surface area contributed by atoms with Gasteiger partial charge in [-0.2, -0.15) is 13.2 Å². The summed E-state index contributed by atoms with van der Waals surface area (Å²) in [5.74, 6) is -2.18. The normalized spacial score (nSPS) is 10.3. The van der Waals surface area contributed by atoms with Gasteiger partial charge in [0.2, 0.25) is 0 Å². The van der Waals surface area contributed by atoms with Crippen molar-refractivity contribution in [2.24, 2.45) is 0 Å². The first kappa shape index (κ1) is 15.5. The molecule has 0 aliphatic rings. The van der Waals surface area contributed by atoms with Gasteiger partial charge in [0.25, 0.3) is 0 Å². The Morgan fingerprint density at radius 3 is 2.10 bits per heavy atom. The number of pyridine rings is 1. The fourth-order valence-corrected chi connectivity index (χ4v) is 1.28. The molecule has 0 aliphatic carbocycles. The molecule has 0 bridgehead atoms. The highest BCUT2D eigenvalue weighted by Crippen LogP contribution is 2.22. The second kappa shape index (κ2) is 6.55. The van der Waals surface area contributed by atoms with Crippen molar-refractivity contribution in [1.29, 1.82) is 0 Å². The van der Waals surface area contributed by atoms with Gasteiger partial charge in [-0.1, -0.05) is 30.3 Å². The average Bonchev–Trinajstić information content (AvgIpc) is 2.40. The Bertz CT molecular complexity index is 571. The molecule has 1 aromatic carbocycles. The van der Waals surface area contributed by atoms with Crippen LogP contribution in [0.4, 0.5) is 19.0 Å². The number of nitrogens with zero attached hydrogens (tertiary/aromatic N) is 1. The first-order valence-corrected chi connectivity index (χ1v) is 5.38. The van der Waals surface area contributed by atoms with E-state index in [0.717, 1.165) is 11.1 Å². The molecule has 2 aromatic rings. The summed E-state index contributed by atoms with van der Waals surface area (Å²) < 4.78 is 31.7. The predicted molar refractivity (Wildman–Crippen MR) is 67.8 cm³/mol. The molecule has 0 aliphatic heterocycles. The van der Waals surface area contributed by atoms with Crippen molar-refractivity contribution in [3.05, 3.63) is 48.7 Å². The summed E-state index contributed by atoms with van der Waals surface area (Å²) in [6.45, 7) is 0. The summed E-state index contributed by atoms with van der Waals surface area (Å²) in [7, 11) is 0. The summed E-state index contributed by atoms with van der Waals surface area (Å²) in [5.41, 5.74) is 7.84. The van der Waals surface area contributed by atoms with Crippen molar-refractivity contribution < 1.29 is 23.1 Å². The van der Waals surface area contributed by atoms with E-state index >= 15 is 0 Å². The first-order valence-electron chi connectivity index (χ1n) is 5.38. The molecule has 3 N–H and O–H groups in total. The molecule has 4 nitrogen and oxygen atoms in total. The molecule has 0 unspecified atom stereocenters. The molecule has 0 saturated heterocycles. The monoisotopic (exact) mass is 284 g/mol. The fourth-order valence-electron chi connectivity index (χ4n) is 1.28. The lowest BCUT2D eigenvalue weighted by atomic mass is 10.1. The molecule has 1 heterocycles. The number of aromatic nitrogens is 1. The van der Waals surface area contributed by atoms with Crippen molar-refractivity contribution in [2.75, 3.05) is 5.73 Å². The molecular weight excluding hydrogens is 273 g/mol. The predicted octanol–water partition coefficient (Wildman–Crippen LogP) is 2.96.